The van der Waals surface area contributed by atoms with Crippen LogP contribution in [0.1, 0.15) is 51.4 Å². The first-order chi connectivity index (χ1) is 11.2. The van der Waals surface area contributed by atoms with Crippen LogP contribution < -0.4 is 10.6 Å². The molecule has 2 N–H and O–H groups in total. The fourth-order valence-electron chi connectivity index (χ4n) is 4.36. The lowest BCUT2D eigenvalue weighted by atomic mass is 9.65. The summed E-state index contributed by atoms with van der Waals surface area (Å²) in [6.45, 7) is 3.12. The monoisotopic (exact) mass is 320 g/mol. The molecule has 0 aromatic heterocycles. The summed E-state index contributed by atoms with van der Waals surface area (Å²) in [4.78, 5) is 18.4. The van der Waals surface area contributed by atoms with Crippen LogP contribution >= 0.6 is 0 Å². The Morgan fingerprint density at radius 2 is 1.91 bits per heavy atom. The molecule has 0 atom stereocenters. The second-order valence-corrected chi connectivity index (χ2v) is 7.70. The molecule has 2 aliphatic carbocycles. The Morgan fingerprint density at radius 1 is 1.22 bits per heavy atom. The highest BCUT2D eigenvalue weighted by molar-refractivity contribution is 5.80. The van der Waals surface area contributed by atoms with Gasteiger partial charge in [0, 0.05) is 40.2 Å². The normalized spacial score (nSPS) is 25.0. The number of carbonyl (C=O) groups excluding carboxylic acids is 1. The van der Waals surface area contributed by atoms with Crippen molar-refractivity contribution in [2.45, 2.75) is 51.4 Å². The molecular weight excluding hydrogens is 288 g/mol. The summed E-state index contributed by atoms with van der Waals surface area (Å²) < 4.78 is 0. The summed E-state index contributed by atoms with van der Waals surface area (Å²) >= 11 is 0. The highest BCUT2D eigenvalue weighted by Gasteiger charge is 2.48. The van der Waals surface area contributed by atoms with Crippen LogP contribution in [0.4, 0.5) is 0 Å². The van der Waals surface area contributed by atoms with E-state index in [0.717, 1.165) is 44.4 Å². The molecule has 5 nitrogen and oxygen atoms in total. The maximum absolute atomic E-state index is 11.5. The lowest BCUT2D eigenvalue weighted by Crippen LogP contribution is -2.50. The van der Waals surface area contributed by atoms with Crippen molar-refractivity contribution in [3.05, 3.63) is 0 Å². The van der Waals surface area contributed by atoms with Gasteiger partial charge >= 0.3 is 0 Å². The van der Waals surface area contributed by atoms with Crippen molar-refractivity contribution in [3.8, 4) is 0 Å². The number of amides is 1. The Morgan fingerprint density at radius 3 is 2.39 bits per heavy atom. The third-order valence-corrected chi connectivity index (χ3v) is 6.27. The van der Waals surface area contributed by atoms with Gasteiger partial charge in [0.2, 0.25) is 5.91 Å². The second kappa shape index (κ2) is 7.10. The SMILES string of the molecule is CN=C(NCC1(C2CC2)CCC1)N1CCC(CC(=O)NC)CC1. The third kappa shape index (κ3) is 3.81. The lowest BCUT2D eigenvalue weighted by Gasteiger charge is -2.44. The molecule has 2 saturated carbocycles. The van der Waals surface area contributed by atoms with E-state index in [4.69, 9.17) is 0 Å². The van der Waals surface area contributed by atoms with Crippen molar-refractivity contribution in [2.75, 3.05) is 33.7 Å². The zero-order valence-electron chi connectivity index (χ0n) is 14.7. The average molecular weight is 320 g/mol. The first-order valence-corrected chi connectivity index (χ1v) is 9.33. The highest BCUT2D eigenvalue weighted by Crippen LogP contribution is 2.56. The maximum Gasteiger partial charge on any atom is 0.220 e. The van der Waals surface area contributed by atoms with Crippen molar-refractivity contribution in [2.24, 2.45) is 22.2 Å². The predicted octanol–water partition coefficient (Wildman–Crippen LogP) is 1.99. The Labute approximate surface area is 140 Å². The van der Waals surface area contributed by atoms with Gasteiger partial charge in [0.05, 0.1) is 0 Å². The molecule has 1 aliphatic heterocycles. The summed E-state index contributed by atoms with van der Waals surface area (Å²) in [5.41, 5.74) is 0.577. The molecule has 1 saturated heterocycles. The fraction of sp³-hybridized carbons (Fsp3) is 0.889. The van der Waals surface area contributed by atoms with Crippen LogP contribution in [0.25, 0.3) is 0 Å². The van der Waals surface area contributed by atoms with E-state index in [-0.39, 0.29) is 5.91 Å². The topological polar surface area (TPSA) is 56.7 Å². The summed E-state index contributed by atoms with van der Waals surface area (Å²) in [5, 5.41) is 6.40. The van der Waals surface area contributed by atoms with Gasteiger partial charge in [-0.3, -0.25) is 9.79 Å². The molecule has 0 aromatic carbocycles. The average Bonchev–Trinajstić information content (AvgIpc) is 3.36. The van der Waals surface area contributed by atoms with E-state index in [1.54, 1.807) is 7.05 Å². The van der Waals surface area contributed by atoms with E-state index in [0.29, 0.717) is 17.8 Å². The van der Waals surface area contributed by atoms with Gasteiger partial charge in [-0.25, -0.2) is 0 Å². The quantitative estimate of drug-likeness (QED) is 0.602. The van der Waals surface area contributed by atoms with Crippen LogP contribution in [-0.2, 0) is 4.79 Å². The first kappa shape index (κ1) is 16.6. The molecule has 0 bridgehead atoms. The van der Waals surface area contributed by atoms with Crippen molar-refractivity contribution in [1.82, 2.24) is 15.5 Å². The summed E-state index contributed by atoms with van der Waals surface area (Å²) in [6.07, 6.45) is 9.91. The van der Waals surface area contributed by atoms with Crippen molar-refractivity contribution < 1.29 is 4.79 Å². The smallest absolute Gasteiger partial charge is 0.220 e. The number of aliphatic imine (C=N–C) groups is 1. The van der Waals surface area contributed by atoms with Crippen molar-refractivity contribution in [3.63, 3.8) is 0 Å². The number of hydrogen-bond acceptors (Lipinski definition) is 2. The molecule has 3 rings (SSSR count). The number of guanidine groups is 1. The number of rotatable bonds is 5. The zero-order valence-corrected chi connectivity index (χ0v) is 14.7. The third-order valence-electron chi connectivity index (χ3n) is 6.27. The van der Waals surface area contributed by atoms with Crippen LogP contribution in [-0.4, -0.2) is 50.5 Å². The summed E-state index contributed by atoms with van der Waals surface area (Å²) in [5.74, 6) is 2.73. The minimum Gasteiger partial charge on any atom is -0.359 e. The zero-order chi connectivity index (χ0) is 16.3. The molecule has 3 fully saturated rings. The van der Waals surface area contributed by atoms with Gasteiger partial charge < -0.3 is 15.5 Å². The molecule has 0 aromatic rings. The Hall–Kier alpha value is -1.26. The van der Waals surface area contributed by atoms with Gasteiger partial charge in [-0.1, -0.05) is 6.42 Å². The number of nitrogens with one attached hydrogen (secondary N) is 2. The molecule has 1 heterocycles. The molecule has 3 aliphatic rings. The van der Waals surface area contributed by atoms with Gasteiger partial charge in [-0.05, 0) is 55.8 Å². The molecule has 5 heteroatoms. The summed E-state index contributed by atoms with van der Waals surface area (Å²) in [7, 11) is 3.61. The Balaban J connectivity index is 1.45. The number of piperidine rings is 1. The van der Waals surface area contributed by atoms with Gasteiger partial charge in [-0.15, -0.1) is 0 Å². The number of nitrogens with zero attached hydrogens (tertiary/aromatic N) is 2. The number of hydrogen-bond donors (Lipinski definition) is 2. The van der Waals surface area contributed by atoms with Crippen LogP contribution in [0.2, 0.25) is 0 Å². The van der Waals surface area contributed by atoms with Crippen LogP contribution in [0, 0.1) is 17.3 Å². The fourth-order valence-corrected chi connectivity index (χ4v) is 4.36. The standard InChI is InChI=1S/C18H32N4O/c1-19-16(23)12-14-6-10-22(11-7-14)17(20-2)21-13-18(8-3-9-18)15-4-5-15/h14-15H,3-13H2,1-2H3,(H,19,23)(H,20,21). The number of carbonyl (C=O) groups is 1. The molecule has 130 valence electrons. The maximum atomic E-state index is 11.5. The molecule has 0 spiro atoms. The molecule has 0 radical (unpaired) electrons. The predicted molar refractivity (Wildman–Crippen MR) is 93.4 cm³/mol. The summed E-state index contributed by atoms with van der Waals surface area (Å²) in [6, 6.07) is 0. The van der Waals surface area contributed by atoms with Crippen LogP contribution in [0.15, 0.2) is 4.99 Å². The van der Waals surface area contributed by atoms with Crippen molar-refractivity contribution >= 4 is 11.9 Å². The molecule has 1 amide bonds. The van der Waals surface area contributed by atoms with E-state index in [2.05, 4.69) is 20.5 Å². The minimum atomic E-state index is 0.169. The van der Waals surface area contributed by atoms with Gasteiger partial charge in [0.25, 0.3) is 0 Å². The Kier molecular flexibility index (Phi) is 5.12. The van der Waals surface area contributed by atoms with Crippen LogP contribution in [0.5, 0.6) is 0 Å². The largest absolute Gasteiger partial charge is 0.359 e. The van der Waals surface area contributed by atoms with E-state index < -0.39 is 0 Å². The van der Waals surface area contributed by atoms with E-state index >= 15 is 0 Å². The number of likely N-dealkylation sites (tertiary alicyclic amines) is 1. The Bertz CT molecular complexity index is 446. The lowest BCUT2D eigenvalue weighted by molar-refractivity contribution is -0.121. The second-order valence-electron chi connectivity index (χ2n) is 7.70. The van der Waals surface area contributed by atoms with Gasteiger partial charge in [0.1, 0.15) is 0 Å². The van der Waals surface area contributed by atoms with Crippen molar-refractivity contribution in [1.29, 1.82) is 0 Å². The first-order valence-electron chi connectivity index (χ1n) is 9.33. The molecular formula is C18H32N4O. The van der Waals surface area contributed by atoms with Gasteiger partial charge in [-0.2, -0.15) is 0 Å². The highest BCUT2D eigenvalue weighted by atomic mass is 16.1. The van der Waals surface area contributed by atoms with E-state index in [9.17, 15) is 4.79 Å². The molecule has 0 unspecified atom stereocenters. The van der Waals surface area contributed by atoms with Crippen LogP contribution in [0.3, 0.4) is 0 Å². The molecule has 23 heavy (non-hydrogen) atoms. The van der Waals surface area contributed by atoms with E-state index in [1.165, 1.54) is 32.1 Å². The van der Waals surface area contributed by atoms with Gasteiger partial charge in [0.15, 0.2) is 5.96 Å². The van der Waals surface area contributed by atoms with E-state index in [1.807, 2.05) is 7.05 Å². The minimum absolute atomic E-state index is 0.169.